The summed E-state index contributed by atoms with van der Waals surface area (Å²) >= 11 is 0. The highest BCUT2D eigenvalue weighted by Crippen LogP contribution is 2.42. The van der Waals surface area contributed by atoms with Gasteiger partial charge < -0.3 is 23.6 Å². The summed E-state index contributed by atoms with van der Waals surface area (Å²) in [6.07, 6.45) is -1.87. The van der Waals surface area contributed by atoms with E-state index in [1.165, 1.54) is 13.0 Å². The number of ether oxygens (including phenoxy) is 3. The van der Waals surface area contributed by atoms with Crippen LogP contribution in [0.4, 0.5) is 13.2 Å². The maximum absolute atomic E-state index is 13.9. The number of aryl methyl sites for hydroxylation is 2. The molecule has 250 valence electrons. The van der Waals surface area contributed by atoms with Crippen LogP contribution in [0.3, 0.4) is 0 Å². The maximum atomic E-state index is 13.9. The average Bonchev–Trinajstić information content (AvgIpc) is 3.75. The molecule has 0 N–H and O–H groups in total. The van der Waals surface area contributed by atoms with E-state index in [-0.39, 0.29) is 29.2 Å². The lowest BCUT2D eigenvalue weighted by atomic mass is 9.97. The van der Waals surface area contributed by atoms with Crippen LogP contribution in [-0.2, 0) is 40.0 Å². The topological polar surface area (TPSA) is 104 Å². The molecular weight excluding hydrogens is 615 g/mol. The van der Waals surface area contributed by atoms with Crippen LogP contribution in [0.5, 0.6) is 11.5 Å². The molecule has 5 rings (SSSR count). The molecule has 0 saturated carbocycles. The average molecular weight is 654 g/mol. The summed E-state index contributed by atoms with van der Waals surface area (Å²) in [6, 6.07) is 13.5. The van der Waals surface area contributed by atoms with Gasteiger partial charge >= 0.3 is 12.1 Å². The monoisotopic (exact) mass is 653 g/mol. The number of esters is 1. The minimum Gasteiger partial charge on any atom is -0.487 e. The number of amides is 1. The van der Waals surface area contributed by atoms with Gasteiger partial charge in [-0.25, -0.2) is 4.79 Å². The Morgan fingerprint density at radius 1 is 1.02 bits per heavy atom. The number of hydrogen-bond acceptors (Lipinski definition) is 8. The third-order valence-electron chi connectivity index (χ3n) is 7.98. The van der Waals surface area contributed by atoms with E-state index in [2.05, 4.69) is 10.1 Å². The van der Waals surface area contributed by atoms with Gasteiger partial charge in [0.05, 0.1) is 11.1 Å². The quantitative estimate of drug-likeness (QED) is 0.138. The molecule has 2 aromatic carbocycles. The van der Waals surface area contributed by atoms with E-state index in [1.807, 2.05) is 32.0 Å². The molecule has 0 radical (unpaired) electrons. The molecule has 1 saturated heterocycles. The van der Waals surface area contributed by atoms with E-state index in [1.54, 1.807) is 35.4 Å². The van der Waals surface area contributed by atoms with E-state index in [0.29, 0.717) is 61.2 Å². The summed E-state index contributed by atoms with van der Waals surface area (Å²) in [7, 11) is 0. The second kappa shape index (κ2) is 14.9. The predicted octanol–water partition coefficient (Wildman–Crippen LogP) is 7.40. The van der Waals surface area contributed by atoms with Crippen molar-refractivity contribution < 1.29 is 41.5 Å². The first-order valence-corrected chi connectivity index (χ1v) is 15.9. The van der Waals surface area contributed by atoms with Gasteiger partial charge in [0, 0.05) is 30.4 Å². The summed E-state index contributed by atoms with van der Waals surface area (Å²) in [5.41, 5.74) is 0.843. The lowest BCUT2D eigenvalue weighted by molar-refractivity contribution is -0.164. The zero-order chi connectivity index (χ0) is 33.6. The standard InChI is InChI=1S/C35H38F3N3O6/c1-4-10-24-20-28-31(47-40-32(28)35(36,37)38)27(11-5-2)29(24)46-30(34(43)45-22(3)33(42)41-18-8-9-19-41)23-13-15-26(16-14-23)44-21-25-12-6-7-17-39-25/h6-7,12-17,20,22,30H,4-5,8-11,18-19,21H2,1-3H3. The fraction of sp³-hybridized carbons (Fsp3) is 0.429. The molecular formula is C35H38F3N3O6. The number of benzene rings is 2. The summed E-state index contributed by atoms with van der Waals surface area (Å²) < 4.78 is 64.9. The highest BCUT2D eigenvalue weighted by molar-refractivity contribution is 5.88. The van der Waals surface area contributed by atoms with E-state index in [4.69, 9.17) is 18.7 Å². The Bertz CT molecular complexity index is 1670. The molecule has 1 amide bonds. The number of carbonyl (C=O) groups is 2. The zero-order valence-corrected chi connectivity index (χ0v) is 26.6. The van der Waals surface area contributed by atoms with Crippen LogP contribution in [-0.4, -0.2) is 46.1 Å². The summed E-state index contributed by atoms with van der Waals surface area (Å²) in [6.45, 7) is 6.72. The lowest BCUT2D eigenvalue weighted by Gasteiger charge is -2.25. The number of aromatic nitrogens is 2. The van der Waals surface area contributed by atoms with Crippen molar-refractivity contribution >= 4 is 22.8 Å². The number of pyridine rings is 1. The number of nitrogens with zero attached hydrogens (tertiary/aromatic N) is 3. The van der Waals surface area contributed by atoms with Gasteiger partial charge in [-0.15, -0.1) is 0 Å². The molecule has 47 heavy (non-hydrogen) atoms. The zero-order valence-electron chi connectivity index (χ0n) is 26.6. The van der Waals surface area contributed by atoms with Crippen LogP contribution in [0, 0.1) is 0 Å². The van der Waals surface area contributed by atoms with Crippen molar-refractivity contribution in [3.63, 3.8) is 0 Å². The van der Waals surface area contributed by atoms with E-state index in [9.17, 15) is 22.8 Å². The molecule has 12 heteroatoms. The first-order valence-electron chi connectivity index (χ1n) is 15.9. The smallest absolute Gasteiger partial charge is 0.437 e. The molecule has 9 nitrogen and oxygen atoms in total. The highest BCUT2D eigenvalue weighted by Gasteiger charge is 2.39. The van der Waals surface area contributed by atoms with Gasteiger partial charge in [0.25, 0.3) is 5.91 Å². The molecule has 1 fully saturated rings. The van der Waals surface area contributed by atoms with Crippen molar-refractivity contribution in [1.82, 2.24) is 15.0 Å². The van der Waals surface area contributed by atoms with Crippen LogP contribution in [0.25, 0.3) is 11.0 Å². The van der Waals surface area contributed by atoms with Crippen LogP contribution >= 0.6 is 0 Å². The molecule has 1 aliphatic heterocycles. The molecule has 0 bridgehead atoms. The molecule has 0 aliphatic carbocycles. The summed E-state index contributed by atoms with van der Waals surface area (Å²) in [5, 5.41) is 3.20. The fourth-order valence-electron chi connectivity index (χ4n) is 5.70. The number of carbonyl (C=O) groups excluding carboxylic acids is 2. The number of alkyl halides is 3. The number of hydrogen-bond donors (Lipinski definition) is 0. The molecule has 3 heterocycles. The van der Waals surface area contributed by atoms with Crippen molar-refractivity contribution in [2.75, 3.05) is 13.1 Å². The molecule has 4 aromatic rings. The van der Waals surface area contributed by atoms with Gasteiger partial charge in [-0.2, -0.15) is 13.2 Å². The van der Waals surface area contributed by atoms with E-state index >= 15 is 0 Å². The molecule has 0 spiro atoms. The second-order valence-electron chi connectivity index (χ2n) is 11.5. The lowest BCUT2D eigenvalue weighted by Crippen LogP contribution is -2.39. The normalized spacial score (nSPS) is 14.6. The van der Waals surface area contributed by atoms with Gasteiger partial charge in [-0.3, -0.25) is 9.78 Å². The van der Waals surface area contributed by atoms with Gasteiger partial charge in [0.1, 0.15) is 18.1 Å². The van der Waals surface area contributed by atoms with Gasteiger partial charge in [0.2, 0.25) is 6.10 Å². The number of likely N-dealkylation sites (tertiary alicyclic amines) is 1. The fourth-order valence-corrected chi connectivity index (χ4v) is 5.70. The van der Waals surface area contributed by atoms with E-state index in [0.717, 1.165) is 18.5 Å². The number of fused-ring (bicyclic) bond motifs is 1. The number of rotatable bonds is 13. The highest BCUT2D eigenvalue weighted by atomic mass is 19.4. The van der Waals surface area contributed by atoms with Crippen LogP contribution in [0.1, 0.15) is 80.6 Å². The minimum absolute atomic E-state index is 0.0444. The van der Waals surface area contributed by atoms with Crippen LogP contribution < -0.4 is 9.47 Å². The summed E-state index contributed by atoms with van der Waals surface area (Å²) in [5.74, 6) is -0.355. The van der Waals surface area contributed by atoms with Crippen LogP contribution in [0.15, 0.2) is 59.3 Å². The molecule has 2 aromatic heterocycles. The van der Waals surface area contributed by atoms with Crippen molar-refractivity contribution in [3.05, 3.63) is 82.8 Å². The largest absolute Gasteiger partial charge is 0.487 e. The van der Waals surface area contributed by atoms with Gasteiger partial charge in [-0.05, 0) is 68.5 Å². The maximum Gasteiger partial charge on any atom is 0.437 e. The van der Waals surface area contributed by atoms with E-state index < -0.39 is 30.0 Å². The third-order valence-corrected chi connectivity index (χ3v) is 7.98. The molecule has 2 atom stereocenters. The van der Waals surface area contributed by atoms with Gasteiger partial charge in [0.15, 0.2) is 17.4 Å². The van der Waals surface area contributed by atoms with Gasteiger partial charge in [-0.1, -0.05) is 50.0 Å². The van der Waals surface area contributed by atoms with Crippen LogP contribution in [0.2, 0.25) is 0 Å². The minimum atomic E-state index is -4.72. The first-order chi connectivity index (χ1) is 22.6. The third kappa shape index (κ3) is 7.86. The Labute approximate surface area is 271 Å². The first kappa shape index (κ1) is 33.7. The predicted molar refractivity (Wildman–Crippen MR) is 167 cm³/mol. The number of halogens is 3. The van der Waals surface area contributed by atoms with Crippen molar-refractivity contribution in [3.8, 4) is 11.5 Å². The van der Waals surface area contributed by atoms with Crippen molar-refractivity contribution in [1.29, 1.82) is 0 Å². The van der Waals surface area contributed by atoms with Crippen molar-refractivity contribution in [2.45, 2.75) is 84.3 Å². The second-order valence-corrected chi connectivity index (χ2v) is 11.5. The molecule has 2 unspecified atom stereocenters. The Morgan fingerprint density at radius 2 is 1.74 bits per heavy atom. The summed E-state index contributed by atoms with van der Waals surface area (Å²) in [4.78, 5) is 32.8. The van der Waals surface area contributed by atoms with Crippen molar-refractivity contribution in [2.24, 2.45) is 0 Å². The SMILES string of the molecule is CCCc1cc2c(C(F)(F)F)noc2c(CCC)c1OC(C(=O)OC(C)C(=O)N1CCCC1)c1ccc(OCc2ccccn2)cc1. The Hall–Kier alpha value is -4.61. The molecule has 1 aliphatic rings. The Morgan fingerprint density at radius 3 is 2.38 bits per heavy atom. The Kier molecular flexibility index (Phi) is 10.7. The Balaban J connectivity index is 1.51.